The molecule has 0 aromatic heterocycles. The van der Waals surface area contributed by atoms with Gasteiger partial charge in [0.05, 0.1) is 38.3 Å². The molecule has 3 fully saturated rings. The van der Waals surface area contributed by atoms with E-state index < -0.39 is 5.92 Å². The molecule has 118 valence electrons. The van der Waals surface area contributed by atoms with Gasteiger partial charge in [-0.3, -0.25) is 9.59 Å². The summed E-state index contributed by atoms with van der Waals surface area (Å²) >= 11 is 0. The van der Waals surface area contributed by atoms with Gasteiger partial charge < -0.3 is 18.9 Å². The molecule has 2 heterocycles. The largest absolute Gasteiger partial charge is 0.469 e. The van der Waals surface area contributed by atoms with Crippen LogP contribution in [0.3, 0.4) is 0 Å². The van der Waals surface area contributed by atoms with E-state index in [0.29, 0.717) is 13.0 Å². The lowest BCUT2D eigenvalue weighted by atomic mass is 9.70. The highest BCUT2D eigenvalue weighted by Crippen LogP contribution is 2.40. The molecule has 2 aliphatic heterocycles. The topological polar surface area (TPSA) is 77.7 Å². The lowest BCUT2D eigenvalue weighted by Gasteiger charge is -2.34. The third-order valence-corrected chi connectivity index (χ3v) is 4.59. The number of hydrogen-bond donors (Lipinski definition) is 0. The number of epoxide rings is 2. The predicted octanol–water partition coefficient (Wildman–Crippen LogP) is 0.923. The van der Waals surface area contributed by atoms with Crippen molar-refractivity contribution in [1.82, 2.24) is 0 Å². The summed E-state index contributed by atoms with van der Waals surface area (Å²) in [5.41, 5.74) is 0. The molecule has 6 nitrogen and oxygen atoms in total. The van der Waals surface area contributed by atoms with E-state index in [2.05, 4.69) is 0 Å². The molecule has 0 aromatic rings. The summed E-state index contributed by atoms with van der Waals surface area (Å²) in [5.74, 6) is -1.25. The minimum absolute atomic E-state index is 0.0410. The van der Waals surface area contributed by atoms with E-state index in [9.17, 15) is 9.59 Å². The van der Waals surface area contributed by atoms with Crippen molar-refractivity contribution in [1.29, 1.82) is 0 Å². The van der Waals surface area contributed by atoms with E-state index in [0.717, 1.165) is 25.9 Å². The summed E-state index contributed by atoms with van der Waals surface area (Å²) in [6.45, 7) is 1.70. The lowest BCUT2D eigenvalue weighted by molar-refractivity contribution is -0.164. The Labute approximate surface area is 124 Å². The quantitative estimate of drug-likeness (QED) is 0.536. The van der Waals surface area contributed by atoms with Gasteiger partial charge in [0.25, 0.3) is 0 Å². The van der Waals surface area contributed by atoms with Crippen LogP contribution in [0.4, 0.5) is 0 Å². The van der Waals surface area contributed by atoms with E-state index in [1.807, 2.05) is 0 Å². The van der Waals surface area contributed by atoms with Crippen molar-refractivity contribution in [3.63, 3.8) is 0 Å². The number of hydrogen-bond acceptors (Lipinski definition) is 6. The Hall–Kier alpha value is -1.14. The lowest BCUT2D eigenvalue weighted by Crippen LogP contribution is -2.41. The number of carbonyl (C=O) groups is 2. The number of carbonyl (C=O) groups excluding carboxylic acids is 2. The van der Waals surface area contributed by atoms with Crippen molar-refractivity contribution in [2.45, 2.75) is 37.9 Å². The van der Waals surface area contributed by atoms with Gasteiger partial charge in [0.15, 0.2) is 0 Å². The Morgan fingerprint density at radius 1 is 1.10 bits per heavy atom. The first-order chi connectivity index (χ1) is 10.2. The highest BCUT2D eigenvalue weighted by Gasteiger charge is 2.45. The van der Waals surface area contributed by atoms with Gasteiger partial charge >= 0.3 is 11.9 Å². The van der Waals surface area contributed by atoms with Gasteiger partial charge in [-0.15, -0.1) is 0 Å². The Balaban J connectivity index is 1.67. The highest BCUT2D eigenvalue weighted by molar-refractivity contribution is 5.82. The fourth-order valence-corrected chi connectivity index (χ4v) is 3.30. The molecule has 2 saturated heterocycles. The van der Waals surface area contributed by atoms with E-state index >= 15 is 0 Å². The second kappa shape index (κ2) is 6.32. The summed E-state index contributed by atoms with van der Waals surface area (Å²) in [6.07, 6.45) is 3.68. The highest BCUT2D eigenvalue weighted by atomic mass is 16.6. The Kier molecular flexibility index (Phi) is 4.45. The fourth-order valence-electron chi connectivity index (χ4n) is 3.30. The summed E-state index contributed by atoms with van der Waals surface area (Å²) in [4.78, 5) is 24.4. The average molecular weight is 298 g/mol. The number of methoxy groups -OCH3 is 1. The van der Waals surface area contributed by atoms with E-state index in [-0.39, 0.29) is 42.6 Å². The molecular formula is C15H22O6. The molecule has 0 amide bonds. The van der Waals surface area contributed by atoms with Crippen LogP contribution in [-0.2, 0) is 28.5 Å². The predicted molar refractivity (Wildman–Crippen MR) is 71.4 cm³/mol. The molecule has 3 rings (SSSR count). The van der Waals surface area contributed by atoms with Crippen molar-refractivity contribution < 1.29 is 28.5 Å². The molecule has 6 heteroatoms. The smallest absolute Gasteiger partial charge is 0.310 e. The molecule has 0 spiro atoms. The second-order valence-electron chi connectivity index (χ2n) is 6.12. The summed E-state index contributed by atoms with van der Waals surface area (Å²) < 4.78 is 20.6. The molecule has 0 N–H and O–H groups in total. The van der Waals surface area contributed by atoms with Gasteiger partial charge in [-0.2, -0.15) is 0 Å². The second-order valence-corrected chi connectivity index (χ2v) is 6.12. The molecule has 0 radical (unpaired) electrons. The van der Waals surface area contributed by atoms with Crippen LogP contribution in [0.5, 0.6) is 0 Å². The van der Waals surface area contributed by atoms with Crippen molar-refractivity contribution in [3.8, 4) is 0 Å². The number of rotatable bonds is 6. The van der Waals surface area contributed by atoms with Crippen molar-refractivity contribution >= 4 is 11.9 Å². The first-order valence-corrected chi connectivity index (χ1v) is 7.66. The van der Waals surface area contributed by atoms with Crippen molar-refractivity contribution in [3.05, 3.63) is 0 Å². The Morgan fingerprint density at radius 3 is 2.43 bits per heavy atom. The van der Waals surface area contributed by atoms with Crippen LogP contribution in [0.1, 0.15) is 25.7 Å². The van der Waals surface area contributed by atoms with Crippen LogP contribution in [0, 0.1) is 17.8 Å². The molecule has 1 aliphatic carbocycles. The zero-order valence-corrected chi connectivity index (χ0v) is 12.3. The van der Waals surface area contributed by atoms with Crippen LogP contribution in [-0.4, -0.2) is 51.1 Å². The zero-order valence-electron chi connectivity index (χ0n) is 12.3. The van der Waals surface area contributed by atoms with E-state index in [1.54, 1.807) is 0 Å². The van der Waals surface area contributed by atoms with Gasteiger partial charge in [0, 0.05) is 0 Å². The normalized spacial score (nSPS) is 37.7. The Morgan fingerprint density at radius 2 is 1.81 bits per heavy atom. The minimum atomic E-state index is -0.408. The average Bonchev–Trinajstić information content (AvgIpc) is 3.38. The standard InChI is InChI=1S/C15H22O6/c1-18-14(16)12-4-2-3-9(5-10-6-19-10)13(12)15(17)21-8-11-7-20-11/h9-13H,2-8H2,1H3. The van der Waals surface area contributed by atoms with Gasteiger partial charge in [0.1, 0.15) is 12.7 Å². The maximum Gasteiger partial charge on any atom is 0.310 e. The maximum absolute atomic E-state index is 12.4. The molecule has 0 aromatic carbocycles. The van der Waals surface area contributed by atoms with Crippen LogP contribution in [0.25, 0.3) is 0 Å². The number of esters is 2. The Bertz CT molecular complexity index is 401. The van der Waals surface area contributed by atoms with Crippen LogP contribution in [0.2, 0.25) is 0 Å². The van der Waals surface area contributed by atoms with Crippen LogP contribution < -0.4 is 0 Å². The van der Waals surface area contributed by atoms with Crippen LogP contribution in [0.15, 0.2) is 0 Å². The third kappa shape index (κ3) is 3.74. The molecule has 5 unspecified atom stereocenters. The van der Waals surface area contributed by atoms with E-state index in [4.69, 9.17) is 18.9 Å². The van der Waals surface area contributed by atoms with Crippen LogP contribution >= 0.6 is 0 Å². The summed E-state index contributed by atoms with van der Waals surface area (Å²) in [6, 6.07) is 0. The van der Waals surface area contributed by atoms with Gasteiger partial charge in [-0.25, -0.2) is 0 Å². The van der Waals surface area contributed by atoms with Crippen molar-refractivity contribution in [2.75, 3.05) is 26.9 Å². The molecule has 5 atom stereocenters. The fraction of sp³-hybridized carbons (Fsp3) is 0.867. The third-order valence-electron chi connectivity index (χ3n) is 4.59. The van der Waals surface area contributed by atoms with Crippen molar-refractivity contribution in [2.24, 2.45) is 17.8 Å². The minimum Gasteiger partial charge on any atom is -0.469 e. The summed E-state index contributed by atoms with van der Waals surface area (Å²) in [7, 11) is 1.37. The zero-order chi connectivity index (χ0) is 14.8. The van der Waals surface area contributed by atoms with E-state index in [1.165, 1.54) is 7.11 Å². The van der Waals surface area contributed by atoms with Gasteiger partial charge in [-0.1, -0.05) is 6.42 Å². The number of ether oxygens (including phenoxy) is 4. The SMILES string of the molecule is COC(=O)C1CCCC(CC2CO2)C1C(=O)OCC1CO1. The molecule has 0 bridgehead atoms. The molecule has 1 saturated carbocycles. The van der Waals surface area contributed by atoms with Gasteiger partial charge in [0.2, 0.25) is 0 Å². The maximum atomic E-state index is 12.4. The summed E-state index contributed by atoms with van der Waals surface area (Å²) in [5, 5.41) is 0. The molecular weight excluding hydrogens is 276 g/mol. The monoisotopic (exact) mass is 298 g/mol. The van der Waals surface area contributed by atoms with Gasteiger partial charge in [-0.05, 0) is 25.2 Å². The molecule has 21 heavy (non-hydrogen) atoms. The molecule has 3 aliphatic rings. The first kappa shape index (κ1) is 14.8. The first-order valence-electron chi connectivity index (χ1n) is 7.66.